The maximum atomic E-state index is 12.6. The van der Waals surface area contributed by atoms with E-state index in [1.807, 2.05) is 13.0 Å². The molecule has 0 aliphatic rings. The second kappa shape index (κ2) is 7.45. The summed E-state index contributed by atoms with van der Waals surface area (Å²) >= 11 is 0. The predicted octanol–water partition coefficient (Wildman–Crippen LogP) is 2.23. The van der Waals surface area contributed by atoms with Crippen molar-refractivity contribution >= 4 is 27.0 Å². The quantitative estimate of drug-likeness (QED) is 0.626. The van der Waals surface area contributed by atoms with Gasteiger partial charge in [-0.3, -0.25) is 4.98 Å². The molecule has 0 amide bonds. The van der Waals surface area contributed by atoms with Crippen molar-refractivity contribution in [3.05, 3.63) is 52.8 Å². The topological polar surface area (TPSA) is 114 Å². The molecule has 1 aromatic carbocycles. The molecule has 2 N–H and O–H groups in total. The third-order valence-corrected chi connectivity index (χ3v) is 5.33. The van der Waals surface area contributed by atoms with Crippen molar-refractivity contribution in [1.82, 2.24) is 19.7 Å². The second-order valence-corrected chi connectivity index (χ2v) is 7.72. The van der Waals surface area contributed by atoms with Gasteiger partial charge in [0.05, 0.1) is 35.4 Å². The Labute approximate surface area is 157 Å². The number of aromatic nitrogens is 3. The molecule has 2 heterocycles. The van der Waals surface area contributed by atoms with Crippen molar-refractivity contribution in [3.63, 3.8) is 0 Å². The summed E-state index contributed by atoms with van der Waals surface area (Å²) < 4.78 is 32.6. The van der Waals surface area contributed by atoms with Crippen molar-refractivity contribution < 1.29 is 17.9 Å². The monoisotopic (exact) mass is 388 g/mol. The van der Waals surface area contributed by atoms with E-state index in [0.717, 1.165) is 5.56 Å². The molecule has 0 aliphatic heterocycles. The molecule has 27 heavy (non-hydrogen) atoms. The summed E-state index contributed by atoms with van der Waals surface area (Å²) in [6.45, 7) is 5.65. The van der Waals surface area contributed by atoms with Gasteiger partial charge >= 0.3 is 5.97 Å². The minimum Gasteiger partial charge on any atom is -0.462 e. The summed E-state index contributed by atoms with van der Waals surface area (Å²) in [6, 6.07) is 6.85. The highest BCUT2D eigenvalue weighted by atomic mass is 32.2. The largest absolute Gasteiger partial charge is 0.462 e. The molecule has 0 spiro atoms. The lowest BCUT2D eigenvalue weighted by Gasteiger charge is -2.05. The highest BCUT2D eigenvalue weighted by molar-refractivity contribution is 7.89. The first-order valence-electron chi connectivity index (χ1n) is 8.39. The minimum absolute atomic E-state index is 0.0547. The standard InChI is InChI=1S/C18H20N4O4S/c1-4-26-17(23)13-9-15-14(8-12(13)3)21-18(22-15)27(24,25)20-10-16-11(2)6-5-7-19-16/h5-9,20H,4,10H2,1-3H3,(H,21,22). The van der Waals surface area contributed by atoms with Crippen molar-refractivity contribution in [2.75, 3.05) is 6.61 Å². The summed E-state index contributed by atoms with van der Waals surface area (Å²) in [5.74, 6) is -0.465. The van der Waals surface area contributed by atoms with Crippen LogP contribution in [0, 0.1) is 13.8 Å². The lowest BCUT2D eigenvalue weighted by atomic mass is 10.1. The molecule has 0 bridgehead atoms. The number of carbonyl (C=O) groups is 1. The van der Waals surface area contributed by atoms with E-state index in [1.165, 1.54) is 6.07 Å². The molecule has 0 aliphatic carbocycles. The zero-order chi connectivity index (χ0) is 19.6. The van der Waals surface area contributed by atoms with Gasteiger partial charge in [0.25, 0.3) is 10.0 Å². The number of aryl methyl sites for hydroxylation is 2. The van der Waals surface area contributed by atoms with E-state index in [4.69, 9.17) is 4.74 Å². The van der Waals surface area contributed by atoms with Gasteiger partial charge in [-0.05, 0) is 50.1 Å². The number of rotatable bonds is 6. The van der Waals surface area contributed by atoms with Gasteiger partial charge in [-0.2, -0.15) is 0 Å². The Bertz CT molecular complexity index is 1110. The van der Waals surface area contributed by atoms with Crippen LogP contribution in [0.15, 0.2) is 35.6 Å². The van der Waals surface area contributed by atoms with E-state index in [0.29, 0.717) is 27.9 Å². The zero-order valence-corrected chi connectivity index (χ0v) is 16.1. The van der Waals surface area contributed by atoms with Crippen molar-refractivity contribution in [2.24, 2.45) is 0 Å². The van der Waals surface area contributed by atoms with Crippen molar-refractivity contribution in [1.29, 1.82) is 0 Å². The van der Waals surface area contributed by atoms with E-state index in [2.05, 4.69) is 19.7 Å². The van der Waals surface area contributed by atoms with Crippen LogP contribution >= 0.6 is 0 Å². The van der Waals surface area contributed by atoms with Crippen molar-refractivity contribution in [3.8, 4) is 0 Å². The highest BCUT2D eigenvalue weighted by Gasteiger charge is 2.21. The van der Waals surface area contributed by atoms with Gasteiger partial charge in [0.15, 0.2) is 0 Å². The van der Waals surface area contributed by atoms with E-state index < -0.39 is 16.0 Å². The number of fused-ring (bicyclic) bond motifs is 1. The highest BCUT2D eigenvalue weighted by Crippen LogP contribution is 2.20. The zero-order valence-electron chi connectivity index (χ0n) is 15.2. The number of aromatic amines is 1. The van der Waals surface area contributed by atoms with E-state index in [-0.39, 0.29) is 18.3 Å². The van der Waals surface area contributed by atoms with Crippen LogP contribution in [-0.4, -0.2) is 35.9 Å². The first-order valence-corrected chi connectivity index (χ1v) is 9.87. The smallest absolute Gasteiger partial charge is 0.338 e. The number of nitrogens with one attached hydrogen (secondary N) is 2. The second-order valence-electron chi connectivity index (χ2n) is 6.04. The van der Waals surface area contributed by atoms with Crippen LogP contribution in [-0.2, 0) is 21.3 Å². The molecular formula is C18H20N4O4S. The maximum absolute atomic E-state index is 12.6. The number of nitrogens with zero attached hydrogens (tertiary/aromatic N) is 2. The summed E-state index contributed by atoms with van der Waals surface area (Å²) in [5, 5.41) is -0.216. The molecule has 8 nitrogen and oxygen atoms in total. The molecule has 0 radical (unpaired) electrons. The Morgan fingerprint density at radius 1 is 1.26 bits per heavy atom. The van der Waals surface area contributed by atoms with Gasteiger partial charge in [-0.15, -0.1) is 0 Å². The third kappa shape index (κ3) is 3.99. The SMILES string of the molecule is CCOC(=O)c1cc2nc(S(=O)(=O)NCc3ncccc3C)[nH]c2cc1C. The molecule has 0 fully saturated rings. The first kappa shape index (κ1) is 19.0. The van der Waals surface area contributed by atoms with Crippen LogP contribution in [0.2, 0.25) is 0 Å². The Balaban J connectivity index is 1.89. The Morgan fingerprint density at radius 3 is 2.74 bits per heavy atom. The first-order chi connectivity index (χ1) is 12.8. The van der Waals surface area contributed by atoms with Gasteiger partial charge < -0.3 is 9.72 Å². The van der Waals surface area contributed by atoms with Gasteiger partial charge in [0, 0.05) is 6.20 Å². The molecule has 142 valence electrons. The number of ether oxygens (including phenoxy) is 1. The number of sulfonamides is 1. The van der Waals surface area contributed by atoms with Crippen LogP contribution in [0.25, 0.3) is 11.0 Å². The number of H-pyrrole nitrogens is 1. The molecule has 0 unspecified atom stereocenters. The number of pyridine rings is 1. The third-order valence-electron chi connectivity index (χ3n) is 4.10. The molecule has 9 heteroatoms. The van der Waals surface area contributed by atoms with E-state index >= 15 is 0 Å². The van der Waals surface area contributed by atoms with Gasteiger partial charge in [0.2, 0.25) is 5.16 Å². The number of hydrogen-bond acceptors (Lipinski definition) is 6. The van der Waals surface area contributed by atoms with Gasteiger partial charge in [0.1, 0.15) is 0 Å². The average Bonchev–Trinajstić information content (AvgIpc) is 3.04. The van der Waals surface area contributed by atoms with E-state index in [9.17, 15) is 13.2 Å². The summed E-state index contributed by atoms with van der Waals surface area (Å²) in [5.41, 5.74) is 3.45. The molecule has 3 rings (SSSR count). The van der Waals surface area contributed by atoms with Crippen LogP contribution in [0.1, 0.15) is 34.1 Å². The average molecular weight is 388 g/mol. The van der Waals surface area contributed by atoms with Gasteiger partial charge in [-0.1, -0.05) is 6.07 Å². The molecule has 2 aromatic heterocycles. The summed E-state index contributed by atoms with van der Waals surface area (Å²) in [7, 11) is -3.87. The lowest BCUT2D eigenvalue weighted by molar-refractivity contribution is 0.0525. The number of benzene rings is 1. The number of carbonyl (C=O) groups excluding carboxylic acids is 1. The fourth-order valence-corrected chi connectivity index (χ4v) is 3.56. The fraction of sp³-hybridized carbons (Fsp3) is 0.278. The Morgan fingerprint density at radius 2 is 2.04 bits per heavy atom. The molecule has 0 saturated heterocycles. The molecule has 3 aromatic rings. The Kier molecular flexibility index (Phi) is 5.24. The summed E-state index contributed by atoms with van der Waals surface area (Å²) in [4.78, 5) is 23.1. The fourth-order valence-electron chi connectivity index (χ4n) is 2.63. The van der Waals surface area contributed by atoms with Crippen molar-refractivity contribution in [2.45, 2.75) is 32.5 Å². The molecule has 0 saturated carbocycles. The Hall–Kier alpha value is -2.78. The normalized spacial score (nSPS) is 11.7. The summed E-state index contributed by atoms with van der Waals surface area (Å²) in [6.07, 6.45) is 1.61. The van der Waals surface area contributed by atoms with Crippen LogP contribution in [0.3, 0.4) is 0 Å². The predicted molar refractivity (Wildman–Crippen MR) is 99.8 cm³/mol. The molecular weight excluding hydrogens is 368 g/mol. The maximum Gasteiger partial charge on any atom is 0.338 e. The van der Waals surface area contributed by atoms with Crippen LogP contribution < -0.4 is 4.72 Å². The number of hydrogen-bond donors (Lipinski definition) is 2. The minimum atomic E-state index is -3.87. The molecule has 0 atom stereocenters. The number of esters is 1. The van der Waals surface area contributed by atoms with Crippen LogP contribution in [0.4, 0.5) is 0 Å². The van der Waals surface area contributed by atoms with Crippen LogP contribution in [0.5, 0.6) is 0 Å². The number of imidazole rings is 1. The van der Waals surface area contributed by atoms with E-state index in [1.54, 1.807) is 32.2 Å². The lowest BCUT2D eigenvalue weighted by Crippen LogP contribution is -2.25. The van der Waals surface area contributed by atoms with Gasteiger partial charge in [-0.25, -0.2) is 22.9 Å².